The molecule has 0 amide bonds. The SMILES string of the molecule is O=c1[nH]c(=O)c2c(ncn2[C@H]2C[C@H](O)[C@@H](CO)O2)[nH]1. The number of aliphatic hydroxyl groups is 2. The van der Waals surface area contributed by atoms with Crippen molar-refractivity contribution in [3.8, 4) is 0 Å². The number of imidazole rings is 1. The maximum absolute atomic E-state index is 11.8. The summed E-state index contributed by atoms with van der Waals surface area (Å²) in [5.41, 5.74) is -0.903. The fourth-order valence-electron chi connectivity index (χ4n) is 2.25. The van der Waals surface area contributed by atoms with Crippen molar-refractivity contribution in [1.29, 1.82) is 0 Å². The molecule has 0 aliphatic carbocycles. The van der Waals surface area contributed by atoms with Crippen molar-refractivity contribution in [2.45, 2.75) is 24.9 Å². The molecule has 1 aliphatic rings. The zero-order valence-electron chi connectivity index (χ0n) is 9.74. The van der Waals surface area contributed by atoms with E-state index in [4.69, 9.17) is 9.84 Å². The van der Waals surface area contributed by atoms with Crippen molar-refractivity contribution in [3.63, 3.8) is 0 Å². The molecule has 19 heavy (non-hydrogen) atoms. The summed E-state index contributed by atoms with van der Waals surface area (Å²) >= 11 is 0. The molecule has 0 saturated carbocycles. The Morgan fingerprint density at radius 1 is 1.47 bits per heavy atom. The van der Waals surface area contributed by atoms with Gasteiger partial charge in [-0.05, 0) is 0 Å². The Kier molecular flexibility index (Phi) is 2.73. The molecule has 0 radical (unpaired) electrons. The summed E-state index contributed by atoms with van der Waals surface area (Å²) in [5.74, 6) is 0. The Hall–Kier alpha value is -1.97. The molecule has 9 heteroatoms. The Balaban J connectivity index is 2.08. The third-order valence-electron chi connectivity index (χ3n) is 3.16. The fraction of sp³-hybridized carbons (Fsp3) is 0.500. The summed E-state index contributed by atoms with van der Waals surface area (Å²) < 4.78 is 6.87. The molecule has 1 aliphatic heterocycles. The number of nitrogens with zero attached hydrogens (tertiary/aromatic N) is 2. The number of nitrogens with one attached hydrogen (secondary N) is 2. The summed E-state index contributed by atoms with van der Waals surface area (Å²) in [5, 5.41) is 18.7. The van der Waals surface area contributed by atoms with Crippen LogP contribution in [0.3, 0.4) is 0 Å². The van der Waals surface area contributed by atoms with Gasteiger partial charge in [-0.2, -0.15) is 0 Å². The summed E-state index contributed by atoms with van der Waals surface area (Å²) in [6.07, 6.45) is -0.523. The zero-order valence-corrected chi connectivity index (χ0v) is 9.74. The molecule has 0 spiro atoms. The molecule has 3 heterocycles. The van der Waals surface area contributed by atoms with E-state index >= 15 is 0 Å². The van der Waals surface area contributed by atoms with Crippen molar-refractivity contribution in [2.24, 2.45) is 0 Å². The maximum atomic E-state index is 11.8. The van der Waals surface area contributed by atoms with Crippen LogP contribution in [-0.4, -0.2) is 48.5 Å². The molecule has 3 atom stereocenters. The average molecular weight is 268 g/mol. The van der Waals surface area contributed by atoms with Crippen molar-refractivity contribution < 1.29 is 14.9 Å². The third kappa shape index (κ3) is 1.87. The van der Waals surface area contributed by atoms with E-state index in [9.17, 15) is 14.7 Å². The van der Waals surface area contributed by atoms with Crippen LogP contribution in [0.1, 0.15) is 12.6 Å². The fourth-order valence-corrected chi connectivity index (χ4v) is 2.25. The van der Waals surface area contributed by atoms with Gasteiger partial charge in [0.25, 0.3) is 5.56 Å². The topological polar surface area (TPSA) is 133 Å². The first kappa shape index (κ1) is 12.1. The van der Waals surface area contributed by atoms with E-state index < -0.39 is 29.7 Å². The van der Waals surface area contributed by atoms with Gasteiger partial charge in [0.2, 0.25) is 0 Å². The van der Waals surface area contributed by atoms with E-state index in [2.05, 4.69) is 15.0 Å². The molecule has 102 valence electrons. The van der Waals surface area contributed by atoms with E-state index in [1.54, 1.807) is 0 Å². The van der Waals surface area contributed by atoms with Crippen LogP contribution in [-0.2, 0) is 4.74 Å². The molecule has 1 saturated heterocycles. The van der Waals surface area contributed by atoms with E-state index in [-0.39, 0.29) is 24.2 Å². The predicted molar refractivity (Wildman–Crippen MR) is 62.6 cm³/mol. The molecular formula is C10H12N4O5. The van der Waals surface area contributed by atoms with Crippen LogP contribution >= 0.6 is 0 Å². The molecular weight excluding hydrogens is 256 g/mol. The lowest BCUT2D eigenvalue weighted by Crippen LogP contribution is -2.25. The number of fused-ring (bicyclic) bond motifs is 1. The van der Waals surface area contributed by atoms with Gasteiger partial charge in [-0.1, -0.05) is 0 Å². The Morgan fingerprint density at radius 3 is 2.95 bits per heavy atom. The van der Waals surface area contributed by atoms with Gasteiger partial charge in [0.15, 0.2) is 11.2 Å². The molecule has 1 fully saturated rings. The highest BCUT2D eigenvalue weighted by molar-refractivity contribution is 5.68. The molecule has 3 rings (SSSR count). The zero-order chi connectivity index (χ0) is 13.6. The van der Waals surface area contributed by atoms with Gasteiger partial charge in [0.05, 0.1) is 19.0 Å². The van der Waals surface area contributed by atoms with Crippen LogP contribution in [0.2, 0.25) is 0 Å². The van der Waals surface area contributed by atoms with Crippen LogP contribution in [0.15, 0.2) is 15.9 Å². The molecule has 9 nitrogen and oxygen atoms in total. The number of rotatable bonds is 2. The first-order valence-corrected chi connectivity index (χ1v) is 5.73. The van der Waals surface area contributed by atoms with Gasteiger partial charge in [0.1, 0.15) is 12.3 Å². The number of hydrogen-bond donors (Lipinski definition) is 4. The van der Waals surface area contributed by atoms with Gasteiger partial charge in [0, 0.05) is 6.42 Å². The van der Waals surface area contributed by atoms with Crippen molar-refractivity contribution in [3.05, 3.63) is 27.2 Å². The first-order chi connectivity index (χ1) is 9.10. The van der Waals surface area contributed by atoms with Gasteiger partial charge in [-0.3, -0.25) is 19.3 Å². The van der Waals surface area contributed by atoms with Crippen molar-refractivity contribution in [2.75, 3.05) is 6.61 Å². The monoisotopic (exact) mass is 268 g/mol. The molecule has 2 aromatic heterocycles. The van der Waals surface area contributed by atoms with E-state index in [0.29, 0.717) is 0 Å². The minimum atomic E-state index is -0.811. The van der Waals surface area contributed by atoms with Gasteiger partial charge >= 0.3 is 5.69 Å². The highest BCUT2D eigenvalue weighted by Crippen LogP contribution is 2.29. The Bertz CT molecular complexity index is 717. The van der Waals surface area contributed by atoms with Crippen LogP contribution in [0.25, 0.3) is 11.2 Å². The number of aromatic amines is 2. The van der Waals surface area contributed by atoms with Gasteiger partial charge < -0.3 is 14.9 Å². The lowest BCUT2D eigenvalue weighted by molar-refractivity contribution is -0.0431. The number of H-pyrrole nitrogens is 2. The molecule has 4 N–H and O–H groups in total. The minimum absolute atomic E-state index is 0.152. The first-order valence-electron chi connectivity index (χ1n) is 5.73. The van der Waals surface area contributed by atoms with Gasteiger partial charge in [-0.15, -0.1) is 0 Å². The molecule has 0 unspecified atom stereocenters. The van der Waals surface area contributed by atoms with Crippen molar-refractivity contribution in [1.82, 2.24) is 19.5 Å². The second-order valence-corrected chi connectivity index (χ2v) is 4.37. The predicted octanol–water partition coefficient (Wildman–Crippen LogP) is -1.95. The number of hydrogen-bond acceptors (Lipinski definition) is 6. The third-order valence-corrected chi connectivity index (χ3v) is 3.16. The number of aliphatic hydroxyl groups excluding tert-OH is 2. The van der Waals surface area contributed by atoms with E-state index in [1.165, 1.54) is 10.9 Å². The highest BCUT2D eigenvalue weighted by Gasteiger charge is 2.35. The van der Waals surface area contributed by atoms with Crippen LogP contribution in [0.5, 0.6) is 0 Å². The Morgan fingerprint density at radius 2 is 2.26 bits per heavy atom. The standard InChI is InChI=1S/C10H12N4O5/c15-2-5-4(16)1-6(19-5)14-3-11-8-7(14)9(17)13-10(18)12-8/h3-6,15-16H,1-2H2,(H2,12,13,17,18)/t4-,5+,6+/m0/s1. The van der Waals surface area contributed by atoms with Crippen molar-refractivity contribution >= 4 is 11.2 Å². The summed E-state index contributed by atoms with van der Waals surface area (Å²) in [4.78, 5) is 31.3. The number of ether oxygens (including phenoxy) is 1. The smallest absolute Gasteiger partial charge is 0.327 e. The Labute approximate surface area is 105 Å². The maximum Gasteiger partial charge on any atom is 0.327 e. The lowest BCUT2D eigenvalue weighted by atomic mass is 10.2. The summed E-state index contributed by atoms with van der Waals surface area (Å²) in [6, 6.07) is 0. The number of aromatic nitrogens is 4. The largest absolute Gasteiger partial charge is 0.394 e. The highest BCUT2D eigenvalue weighted by atomic mass is 16.5. The molecule has 2 aromatic rings. The minimum Gasteiger partial charge on any atom is -0.394 e. The van der Waals surface area contributed by atoms with Gasteiger partial charge in [-0.25, -0.2) is 9.78 Å². The molecule has 0 bridgehead atoms. The second kappa shape index (κ2) is 4.30. The van der Waals surface area contributed by atoms with Crippen LogP contribution < -0.4 is 11.2 Å². The molecule has 0 aromatic carbocycles. The average Bonchev–Trinajstić information content (AvgIpc) is 2.92. The lowest BCUT2D eigenvalue weighted by Gasteiger charge is -2.13. The van der Waals surface area contributed by atoms with Crippen LogP contribution in [0, 0.1) is 0 Å². The summed E-state index contributed by atoms with van der Waals surface area (Å²) in [6.45, 7) is -0.308. The van der Waals surface area contributed by atoms with E-state index in [0.717, 1.165) is 0 Å². The summed E-state index contributed by atoms with van der Waals surface area (Å²) in [7, 11) is 0. The quantitative estimate of drug-likeness (QED) is 0.500. The van der Waals surface area contributed by atoms with E-state index in [1.807, 2.05) is 0 Å². The normalized spacial score (nSPS) is 27.2. The van der Waals surface area contributed by atoms with Crippen LogP contribution in [0.4, 0.5) is 0 Å². The second-order valence-electron chi connectivity index (χ2n) is 4.37.